The van der Waals surface area contributed by atoms with E-state index in [9.17, 15) is 4.79 Å². The van der Waals surface area contributed by atoms with Crippen LogP contribution in [0.3, 0.4) is 0 Å². The zero-order valence-corrected chi connectivity index (χ0v) is 12.5. The summed E-state index contributed by atoms with van der Waals surface area (Å²) < 4.78 is 3.92. The number of amides is 1. The predicted molar refractivity (Wildman–Crippen MR) is 78.7 cm³/mol. The van der Waals surface area contributed by atoms with E-state index in [2.05, 4.69) is 26.2 Å². The third-order valence-electron chi connectivity index (χ3n) is 3.88. The topological polar surface area (TPSA) is 64.7 Å². The molecule has 0 saturated carbocycles. The van der Waals surface area contributed by atoms with Gasteiger partial charge in [-0.1, -0.05) is 0 Å². The zero-order valence-electron chi connectivity index (χ0n) is 12.5. The first-order valence-electron chi connectivity index (χ1n) is 7.39. The Kier molecular flexibility index (Phi) is 3.77. The number of carbonyl (C=O) groups is 1. The van der Waals surface area contributed by atoms with Crippen LogP contribution in [0, 0.1) is 6.92 Å². The molecule has 1 N–H and O–H groups in total. The van der Waals surface area contributed by atoms with E-state index in [1.807, 2.05) is 26.4 Å². The summed E-state index contributed by atoms with van der Waals surface area (Å²) in [6.45, 7) is 2.83. The third-order valence-corrected chi connectivity index (χ3v) is 3.88. The maximum atomic E-state index is 12.0. The fourth-order valence-electron chi connectivity index (χ4n) is 2.86. The van der Waals surface area contributed by atoms with Gasteiger partial charge in [-0.15, -0.1) is 0 Å². The highest BCUT2D eigenvalue weighted by Gasteiger charge is 2.21. The molecule has 2 aromatic heterocycles. The van der Waals surface area contributed by atoms with Gasteiger partial charge in [0.2, 0.25) is 5.91 Å². The van der Waals surface area contributed by atoms with Gasteiger partial charge in [-0.25, -0.2) is 4.98 Å². The SMILES string of the molecule is Cc1cn2c(n1)CC[C@@H](NC(=O)CCc1cnn(C)c1)C2. The van der Waals surface area contributed by atoms with Gasteiger partial charge < -0.3 is 9.88 Å². The van der Waals surface area contributed by atoms with Crippen molar-refractivity contribution in [2.45, 2.75) is 45.2 Å². The van der Waals surface area contributed by atoms with E-state index in [1.165, 1.54) is 0 Å². The number of fused-ring (bicyclic) bond motifs is 1. The highest BCUT2D eigenvalue weighted by molar-refractivity contribution is 5.76. The molecule has 6 nitrogen and oxygen atoms in total. The van der Waals surface area contributed by atoms with Gasteiger partial charge in [-0.05, 0) is 25.3 Å². The molecule has 1 aliphatic rings. The lowest BCUT2D eigenvalue weighted by molar-refractivity contribution is -0.122. The van der Waals surface area contributed by atoms with Gasteiger partial charge in [0, 0.05) is 44.9 Å². The molecular formula is C15H21N5O. The first kappa shape index (κ1) is 13.9. The van der Waals surface area contributed by atoms with Crippen LogP contribution in [0.1, 0.15) is 29.9 Å². The number of hydrogen-bond acceptors (Lipinski definition) is 3. The molecule has 0 unspecified atom stereocenters. The van der Waals surface area contributed by atoms with Crippen LogP contribution in [-0.2, 0) is 31.2 Å². The fourth-order valence-corrected chi connectivity index (χ4v) is 2.86. The number of hydrogen-bond donors (Lipinski definition) is 1. The summed E-state index contributed by atoms with van der Waals surface area (Å²) in [5.74, 6) is 1.25. The number of nitrogens with one attached hydrogen (secondary N) is 1. The quantitative estimate of drug-likeness (QED) is 0.912. The van der Waals surface area contributed by atoms with Crippen molar-refractivity contribution < 1.29 is 4.79 Å². The molecule has 0 aromatic carbocycles. The summed E-state index contributed by atoms with van der Waals surface area (Å²) in [5.41, 5.74) is 2.15. The smallest absolute Gasteiger partial charge is 0.220 e. The highest BCUT2D eigenvalue weighted by atomic mass is 16.1. The van der Waals surface area contributed by atoms with Crippen molar-refractivity contribution in [2.24, 2.45) is 7.05 Å². The van der Waals surface area contributed by atoms with Gasteiger partial charge in [-0.2, -0.15) is 5.10 Å². The van der Waals surface area contributed by atoms with E-state index in [1.54, 1.807) is 4.68 Å². The maximum absolute atomic E-state index is 12.0. The Hall–Kier alpha value is -2.11. The standard InChI is InChI=1S/C15H21N5O/c1-11-8-20-10-13(4-5-14(20)17-11)18-15(21)6-3-12-7-16-19(2)9-12/h7-9,13H,3-6,10H2,1-2H3,(H,18,21)/t13-/m1/s1. The molecule has 0 bridgehead atoms. The largest absolute Gasteiger partial charge is 0.352 e. The Balaban J connectivity index is 1.49. The van der Waals surface area contributed by atoms with Gasteiger partial charge in [0.05, 0.1) is 11.9 Å². The van der Waals surface area contributed by atoms with Crippen LogP contribution in [0.4, 0.5) is 0 Å². The molecule has 1 amide bonds. The van der Waals surface area contributed by atoms with Crippen molar-refractivity contribution >= 4 is 5.91 Å². The second kappa shape index (κ2) is 5.71. The Morgan fingerprint density at radius 2 is 2.33 bits per heavy atom. The molecule has 3 heterocycles. The molecule has 0 saturated heterocycles. The van der Waals surface area contributed by atoms with Crippen LogP contribution in [0.2, 0.25) is 0 Å². The molecule has 1 atom stereocenters. The van der Waals surface area contributed by atoms with Crippen molar-refractivity contribution in [1.29, 1.82) is 0 Å². The Bertz CT molecular complexity index is 642. The predicted octanol–water partition coefficient (Wildman–Crippen LogP) is 0.989. The summed E-state index contributed by atoms with van der Waals surface area (Å²) in [7, 11) is 1.89. The second-order valence-corrected chi connectivity index (χ2v) is 5.78. The lowest BCUT2D eigenvalue weighted by Crippen LogP contribution is -2.40. The lowest BCUT2D eigenvalue weighted by Gasteiger charge is -2.24. The second-order valence-electron chi connectivity index (χ2n) is 5.78. The molecule has 0 aliphatic carbocycles. The summed E-state index contributed by atoms with van der Waals surface area (Å²) in [5, 5.41) is 7.24. The minimum absolute atomic E-state index is 0.115. The first-order valence-corrected chi connectivity index (χ1v) is 7.39. The van der Waals surface area contributed by atoms with E-state index in [0.29, 0.717) is 6.42 Å². The van der Waals surface area contributed by atoms with Gasteiger partial charge in [0.25, 0.3) is 0 Å². The number of aromatic nitrogens is 4. The third kappa shape index (κ3) is 3.32. The van der Waals surface area contributed by atoms with Crippen LogP contribution in [0.15, 0.2) is 18.6 Å². The van der Waals surface area contributed by atoms with Gasteiger partial charge >= 0.3 is 0 Å². The number of aryl methyl sites for hydroxylation is 4. The number of carbonyl (C=O) groups excluding carboxylic acids is 1. The molecule has 1 aliphatic heterocycles. The van der Waals surface area contributed by atoms with Crippen molar-refractivity contribution in [3.05, 3.63) is 35.7 Å². The molecule has 112 valence electrons. The van der Waals surface area contributed by atoms with Crippen molar-refractivity contribution in [1.82, 2.24) is 24.6 Å². The molecule has 6 heteroatoms. The fraction of sp³-hybridized carbons (Fsp3) is 0.533. The van der Waals surface area contributed by atoms with Gasteiger partial charge in [-0.3, -0.25) is 9.48 Å². The van der Waals surface area contributed by atoms with Gasteiger partial charge in [0.15, 0.2) is 0 Å². The van der Waals surface area contributed by atoms with E-state index in [0.717, 1.165) is 42.9 Å². The summed E-state index contributed by atoms with van der Waals surface area (Å²) in [6.07, 6.45) is 8.97. The van der Waals surface area contributed by atoms with Gasteiger partial charge in [0.1, 0.15) is 5.82 Å². The monoisotopic (exact) mass is 287 g/mol. The summed E-state index contributed by atoms with van der Waals surface area (Å²) in [6, 6.07) is 0.215. The van der Waals surface area contributed by atoms with Crippen LogP contribution < -0.4 is 5.32 Å². The van der Waals surface area contributed by atoms with Crippen LogP contribution >= 0.6 is 0 Å². The average molecular weight is 287 g/mol. The van der Waals surface area contributed by atoms with Crippen LogP contribution in [0.25, 0.3) is 0 Å². The van der Waals surface area contributed by atoms with Crippen molar-refractivity contribution in [2.75, 3.05) is 0 Å². The Morgan fingerprint density at radius 3 is 3.10 bits per heavy atom. The highest BCUT2D eigenvalue weighted by Crippen LogP contribution is 2.15. The number of rotatable bonds is 4. The van der Waals surface area contributed by atoms with E-state index >= 15 is 0 Å². The molecule has 0 spiro atoms. The maximum Gasteiger partial charge on any atom is 0.220 e. The molecular weight excluding hydrogens is 266 g/mol. The Labute approximate surface area is 124 Å². The van der Waals surface area contributed by atoms with E-state index in [4.69, 9.17) is 0 Å². The van der Waals surface area contributed by atoms with E-state index < -0.39 is 0 Å². The van der Waals surface area contributed by atoms with Crippen LogP contribution in [-0.4, -0.2) is 31.3 Å². The summed E-state index contributed by atoms with van der Waals surface area (Å²) >= 11 is 0. The molecule has 0 radical (unpaired) electrons. The molecule has 3 rings (SSSR count). The Morgan fingerprint density at radius 1 is 1.48 bits per heavy atom. The molecule has 21 heavy (non-hydrogen) atoms. The number of imidazole rings is 1. The molecule has 2 aromatic rings. The minimum Gasteiger partial charge on any atom is -0.352 e. The van der Waals surface area contributed by atoms with E-state index in [-0.39, 0.29) is 11.9 Å². The van der Waals surface area contributed by atoms with Crippen molar-refractivity contribution in [3.8, 4) is 0 Å². The average Bonchev–Trinajstić information content (AvgIpc) is 3.01. The van der Waals surface area contributed by atoms with Crippen molar-refractivity contribution in [3.63, 3.8) is 0 Å². The summed E-state index contributed by atoms with van der Waals surface area (Å²) in [4.78, 5) is 16.5. The molecule has 0 fully saturated rings. The minimum atomic E-state index is 0.115. The van der Waals surface area contributed by atoms with Crippen LogP contribution in [0.5, 0.6) is 0 Å². The number of nitrogens with zero attached hydrogens (tertiary/aromatic N) is 4. The lowest BCUT2D eigenvalue weighted by atomic mass is 10.1. The zero-order chi connectivity index (χ0) is 14.8. The first-order chi connectivity index (χ1) is 10.1. The normalized spacial score (nSPS) is 17.5.